The molecule has 2 aromatic rings. The van der Waals surface area contributed by atoms with E-state index in [9.17, 15) is 0 Å². The minimum Gasteiger partial charge on any atom is -0.305 e. The van der Waals surface area contributed by atoms with Crippen LogP contribution in [0.3, 0.4) is 0 Å². The SMILES string of the molecule is Cc1cc(C(C)NCc2cccc(Br)n2)c(C)s1. The van der Waals surface area contributed by atoms with E-state index in [1.807, 2.05) is 29.5 Å². The number of aryl methyl sites for hydroxylation is 2. The maximum Gasteiger partial charge on any atom is 0.106 e. The van der Waals surface area contributed by atoms with Crippen molar-refractivity contribution < 1.29 is 0 Å². The van der Waals surface area contributed by atoms with Crippen molar-refractivity contribution in [3.8, 4) is 0 Å². The van der Waals surface area contributed by atoms with Crippen molar-refractivity contribution in [2.24, 2.45) is 0 Å². The molecule has 0 amide bonds. The van der Waals surface area contributed by atoms with Crippen LogP contribution < -0.4 is 5.32 Å². The molecule has 0 aliphatic carbocycles. The van der Waals surface area contributed by atoms with Gasteiger partial charge in [-0.15, -0.1) is 11.3 Å². The van der Waals surface area contributed by atoms with Gasteiger partial charge in [-0.25, -0.2) is 4.98 Å². The summed E-state index contributed by atoms with van der Waals surface area (Å²) in [6, 6.07) is 8.62. The fraction of sp³-hybridized carbons (Fsp3) is 0.357. The molecular formula is C14H17BrN2S. The number of aromatic nitrogens is 1. The maximum atomic E-state index is 4.42. The van der Waals surface area contributed by atoms with Crippen LogP contribution in [0, 0.1) is 13.8 Å². The predicted molar refractivity (Wildman–Crippen MR) is 81.0 cm³/mol. The van der Waals surface area contributed by atoms with Crippen LogP contribution in [0.5, 0.6) is 0 Å². The number of pyridine rings is 1. The fourth-order valence-corrected chi connectivity index (χ4v) is 3.40. The number of hydrogen-bond acceptors (Lipinski definition) is 3. The van der Waals surface area contributed by atoms with E-state index in [1.165, 1.54) is 15.3 Å². The van der Waals surface area contributed by atoms with Gasteiger partial charge < -0.3 is 5.32 Å². The molecule has 2 aromatic heterocycles. The van der Waals surface area contributed by atoms with Gasteiger partial charge in [-0.05, 0) is 60.5 Å². The smallest absolute Gasteiger partial charge is 0.106 e. The zero-order chi connectivity index (χ0) is 13.1. The highest BCUT2D eigenvalue weighted by Gasteiger charge is 2.10. The highest BCUT2D eigenvalue weighted by molar-refractivity contribution is 9.10. The molecule has 4 heteroatoms. The van der Waals surface area contributed by atoms with Crippen molar-refractivity contribution in [3.05, 3.63) is 49.9 Å². The van der Waals surface area contributed by atoms with Gasteiger partial charge in [0.25, 0.3) is 0 Å². The quantitative estimate of drug-likeness (QED) is 0.844. The molecule has 0 fully saturated rings. The van der Waals surface area contributed by atoms with E-state index in [4.69, 9.17) is 0 Å². The third-order valence-electron chi connectivity index (χ3n) is 2.91. The second kappa shape index (κ2) is 5.95. The first-order valence-corrected chi connectivity index (χ1v) is 7.59. The molecule has 0 radical (unpaired) electrons. The molecule has 0 aromatic carbocycles. The summed E-state index contributed by atoms with van der Waals surface area (Å²) in [7, 11) is 0. The average molecular weight is 325 g/mol. The van der Waals surface area contributed by atoms with Gasteiger partial charge >= 0.3 is 0 Å². The molecule has 0 aliphatic heterocycles. The third-order valence-corrected chi connectivity index (χ3v) is 4.33. The minimum absolute atomic E-state index is 0.357. The van der Waals surface area contributed by atoms with E-state index in [0.29, 0.717) is 6.04 Å². The van der Waals surface area contributed by atoms with Crippen molar-refractivity contribution in [1.29, 1.82) is 0 Å². The predicted octanol–water partition coefficient (Wildman–Crippen LogP) is 4.37. The highest BCUT2D eigenvalue weighted by Crippen LogP contribution is 2.26. The van der Waals surface area contributed by atoms with E-state index in [-0.39, 0.29) is 0 Å². The molecule has 96 valence electrons. The molecule has 0 saturated heterocycles. The van der Waals surface area contributed by atoms with Gasteiger partial charge in [-0.1, -0.05) is 6.07 Å². The van der Waals surface area contributed by atoms with Crippen LogP contribution in [-0.4, -0.2) is 4.98 Å². The van der Waals surface area contributed by atoms with Crippen molar-refractivity contribution in [3.63, 3.8) is 0 Å². The van der Waals surface area contributed by atoms with Crippen LogP contribution in [-0.2, 0) is 6.54 Å². The Kier molecular flexibility index (Phi) is 4.54. The topological polar surface area (TPSA) is 24.9 Å². The normalized spacial score (nSPS) is 12.7. The summed E-state index contributed by atoms with van der Waals surface area (Å²) < 4.78 is 0.886. The van der Waals surface area contributed by atoms with Crippen LogP contribution in [0.1, 0.15) is 34.0 Å². The number of nitrogens with zero attached hydrogens (tertiary/aromatic N) is 1. The summed E-state index contributed by atoms with van der Waals surface area (Å²) in [5.74, 6) is 0. The molecular weight excluding hydrogens is 308 g/mol. The van der Waals surface area contributed by atoms with Crippen molar-refractivity contribution in [2.45, 2.75) is 33.4 Å². The van der Waals surface area contributed by atoms with Crippen molar-refractivity contribution >= 4 is 27.3 Å². The van der Waals surface area contributed by atoms with Crippen LogP contribution in [0.2, 0.25) is 0 Å². The van der Waals surface area contributed by atoms with Crippen molar-refractivity contribution in [2.75, 3.05) is 0 Å². The molecule has 1 atom stereocenters. The Labute approximate surface area is 121 Å². The van der Waals surface area contributed by atoms with Gasteiger partial charge in [0.05, 0.1) is 5.69 Å². The Morgan fingerprint density at radius 1 is 1.39 bits per heavy atom. The monoisotopic (exact) mass is 324 g/mol. The standard InChI is InChI=1S/C14H17BrN2S/c1-9-7-13(11(3)18-9)10(2)16-8-12-5-4-6-14(15)17-12/h4-7,10,16H,8H2,1-3H3. The van der Waals surface area contributed by atoms with Crippen LogP contribution in [0.15, 0.2) is 28.9 Å². The first-order valence-electron chi connectivity index (χ1n) is 5.98. The third kappa shape index (κ3) is 3.40. The number of rotatable bonds is 4. The number of thiophene rings is 1. The number of halogens is 1. The van der Waals surface area contributed by atoms with E-state index >= 15 is 0 Å². The molecule has 0 saturated carbocycles. The minimum atomic E-state index is 0.357. The van der Waals surface area contributed by atoms with Gasteiger partial charge in [0.2, 0.25) is 0 Å². The second-order valence-electron chi connectivity index (χ2n) is 4.42. The summed E-state index contributed by atoms with van der Waals surface area (Å²) in [5.41, 5.74) is 2.45. The van der Waals surface area contributed by atoms with Crippen molar-refractivity contribution in [1.82, 2.24) is 10.3 Å². The Balaban J connectivity index is 2.00. The van der Waals surface area contributed by atoms with E-state index in [0.717, 1.165) is 16.8 Å². The lowest BCUT2D eigenvalue weighted by atomic mass is 10.1. The lowest BCUT2D eigenvalue weighted by Crippen LogP contribution is -2.18. The molecule has 0 aliphatic rings. The zero-order valence-electron chi connectivity index (χ0n) is 10.8. The number of hydrogen-bond donors (Lipinski definition) is 1. The highest BCUT2D eigenvalue weighted by atomic mass is 79.9. The first kappa shape index (κ1) is 13.7. The van der Waals surface area contributed by atoms with Gasteiger partial charge in [-0.3, -0.25) is 0 Å². The molecule has 1 unspecified atom stereocenters. The fourth-order valence-electron chi connectivity index (χ4n) is 2.00. The molecule has 2 heterocycles. The molecule has 0 bridgehead atoms. The molecule has 0 spiro atoms. The van der Waals surface area contributed by atoms with Crippen LogP contribution in [0.25, 0.3) is 0 Å². The van der Waals surface area contributed by atoms with Gasteiger partial charge in [0.1, 0.15) is 4.60 Å². The summed E-state index contributed by atoms with van der Waals surface area (Å²) in [4.78, 5) is 7.19. The lowest BCUT2D eigenvalue weighted by molar-refractivity contribution is 0.566. The molecule has 2 nitrogen and oxygen atoms in total. The van der Waals surface area contributed by atoms with E-state index in [1.54, 1.807) is 0 Å². The van der Waals surface area contributed by atoms with Gasteiger partial charge in [0, 0.05) is 22.3 Å². The lowest BCUT2D eigenvalue weighted by Gasteiger charge is -2.13. The summed E-state index contributed by atoms with van der Waals surface area (Å²) in [5, 5.41) is 3.52. The Bertz CT molecular complexity index is 536. The molecule has 1 N–H and O–H groups in total. The van der Waals surface area contributed by atoms with Crippen LogP contribution >= 0.6 is 27.3 Å². The summed E-state index contributed by atoms with van der Waals surface area (Å²) in [6.07, 6.45) is 0. The zero-order valence-corrected chi connectivity index (χ0v) is 13.2. The van der Waals surface area contributed by atoms with Gasteiger partial charge in [-0.2, -0.15) is 0 Å². The largest absolute Gasteiger partial charge is 0.305 e. The first-order chi connectivity index (χ1) is 8.56. The van der Waals surface area contributed by atoms with Crippen LogP contribution in [0.4, 0.5) is 0 Å². The molecule has 18 heavy (non-hydrogen) atoms. The maximum absolute atomic E-state index is 4.42. The Hall–Kier alpha value is -0.710. The summed E-state index contributed by atoms with van der Waals surface area (Å²) in [6.45, 7) is 7.33. The Morgan fingerprint density at radius 2 is 2.17 bits per heavy atom. The van der Waals surface area contributed by atoms with E-state index < -0.39 is 0 Å². The number of nitrogens with one attached hydrogen (secondary N) is 1. The molecule has 2 rings (SSSR count). The second-order valence-corrected chi connectivity index (χ2v) is 6.70. The summed E-state index contributed by atoms with van der Waals surface area (Å²) >= 11 is 5.25. The Morgan fingerprint density at radius 3 is 2.78 bits per heavy atom. The van der Waals surface area contributed by atoms with E-state index in [2.05, 4.69) is 53.1 Å². The average Bonchev–Trinajstić information content (AvgIpc) is 2.66. The van der Waals surface area contributed by atoms with Gasteiger partial charge in [0.15, 0.2) is 0 Å².